The predicted molar refractivity (Wildman–Crippen MR) is 176 cm³/mol. The third-order valence-corrected chi connectivity index (χ3v) is 9.69. The number of hydrogen-bond donors (Lipinski definition) is 0. The molecule has 2 aromatic carbocycles. The number of anilines is 1. The van der Waals surface area contributed by atoms with Crippen molar-refractivity contribution in [2.24, 2.45) is 5.41 Å². The molecule has 3 aliphatic rings. The van der Waals surface area contributed by atoms with E-state index in [4.69, 9.17) is 35.7 Å². The van der Waals surface area contributed by atoms with E-state index in [1.165, 1.54) is 36.5 Å². The Balaban J connectivity index is 1.33. The molecule has 2 unspecified atom stereocenters. The normalized spacial score (nSPS) is 19.7. The highest BCUT2D eigenvalue weighted by atomic mass is 35.5. The van der Waals surface area contributed by atoms with Gasteiger partial charge in [0.05, 0.1) is 38.4 Å². The number of aromatic nitrogens is 3. The van der Waals surface area contributed by atoms with E-state index in [1.54, 1.807) is 12.1 Å². The van der Waals surface area contributed by atoms with Crippen LogP contribution in [-0.2, 0) is 14.3 Å². The van der Waals surface area contributed by atoms with Crippen molar-refractivity contribution in [3.8, 4) is 17.0 Å². The van der Waals surface area contributed by atoms with Gasteiger partial charge in [0.1, 0.15) is 34.0 Å². The van der Waals surface area contributed by atoms with Crippen LogP contribution >= 0.6 is 11.6 Å². The standard InChI is InChI=1S/C35H37ClF2N5O6/c1-34(2,3)49-33(45)43-21-6-7-22(43)15-41(14-21)32-25-13-39-31(30(38)26(25)16-42(40-32)48-18-35(17-44)9-10-35)24-12-23(47-19-46-4)11-20-5-8-27(37)29(36)28(20)24/h5,8,11-13,16-17,21-22H,6-7,9-10,14-15,18-19H2,1-4H3/q+1. The second kappa shape index (κ2) is 12.5. The van der Waals surface area contributed by atoms with Crippen LogP contribution in [-0.4, -0.2) is 78.6 Å². The second-order valence-electron chi connectivity index (χ2n) is 14.0. The van der Waals surface area contributed by atoms with Crippen LogP contribution in [0.1, 0.15) is 46.5 Å². The van der Waals surface area contributed by atoms with E-state index in [0.717, 1.165) is 19.1 Å². The molecule has 258 valence electrons. The summed E-state index contributed by atoms with van der Waals surface area (Å²) in [5, 5.41) is 5.90. The molecule has 2 atom stereocenters. The Morgan fingerprint density at radius 2 is 1.88 bits per heavy atom. The van der Waals surface area contributed by atoms with Crippen LogP contribution in [0.2, 0.25) is 5.02 Å². The van der Waals surface area contributed by atoms with E-state index < -0.39 is 22.7 Å². The number of carbonyl (C=O) groups excluding carboxylic acids is 2. The predicted octanol–water partition coefficient (Wildman–Crippen LogP) is 5.65. The van der Waals surface area contributed by atoms with E-state index in [-0.39, 0.29) is 58.6 Å². The van der Waals surface area contributed by atoms with Gasteiger partial charge >= 0.3 is 6.09 Å². The lowest BCUT2D eigenvalue weighted by atomic mass is 9.99. The molecule has 49 heavy (non-hydrogen) atoms. The summed E-state index contributed by atoms with van der Waals surface area (Å²) in [6, 6.07) is 5.70. The molecule has 1 aliphatic carbocycles. The summed E-state index contributed by atoms with van der Waals surface area (Å²) in [4.78, 5) is 40.4. The number of benzene rings is 2. The Bertz CT molecular complexity index is 1960. The molecule has 1 amide bonds. The van der Waals surface area contributed by atoms with Gasteiger partial charge in [0.2, 0.25) is 5.82 Å². The Morgan fingerprint density at radius 3 is 2.53 bits per heavy atom. The maximum atomic E-state index is 17.0. The summed E-state index contributed by atoms with van der Waals surface area (Å²) < 4.78 is 48.2. The molecule has 3 fully saturated rings. The number of ether oxygens (including phenoxy) is 3. The van der Waals surface area contributed by atoms with Crippen molar-refractivity contribution < 1.29 is 42.3 Å². The third-order valence-electron chi connectivity index (χ3n) is 9.32. The van der Waals surface area contributed by atoms with Crippen molar-refractivity contribution in [2.75, 3.05) is 38.5 Å². The number of amides is 1. The molecule has 4 aromatic rings. The first-order chi connectivity index (χ1) is 23.4. The molecule has 7 rings (SSSR count). The minimum Gasteiger partial charge on any atom is -0.468 e. The summed E-state index contributed by atoms with van der Waals surface area (Å²) in [6.45, 7) is 6.39. The van der Waals surface area contributed by atoms with Gasteiger partial charge in [-0.15, -0.1) is 0 Å². The number of aldehydes is 1. The average Bonchev–Trinajstić information content (AvgIpc) is 3.80. The molecule has 2 aliphatic heterocycles. The largest absolute Gasteiger partial charge is 0.468 e. The zero-order valence-electron chi connectivity index (χ0n) is 27.7. The Kier molecular flexibility index (Phi) is 8.46. The van der Waals surface area contributed by atoms with Gasteiger partial charge in [-0.25, -0.2) is 18.4 Å². The summed E-state index contributed by atoms with van der Waals surface area (Å²) >= 11 is 6.47. The molecule has 0 radical (unpaired) electrons. The van der Waals surface area contributed by atoms with Gasteiger partial charge in [-0.3, -0.25) is 9.88 Å². The minimum absolute atomic E-state index is 0.0642. The van der Waals surface area contributed by atoms with Crippen molar-refractivity contribution in [3.63, 3.8) is 0 Å². The third kappa shape index (κ3) is 6.29. The van der Waals surface area contributed by atoms with Crippen LogP contribution in [0, 0.1) is 17.0 Å². The summed E-state index contributed by atoms with van der Waals surface area (Å²) in [7, 11) is 1.48. The highest BCUT2D eigenvalue weighted by Gasteiger charge is 2.47. The number of piperazine rings is 1. The molecule has 1 saturated carbocycles. The van der Waals surface area contributed by atoms with Crippen LogP contribution in [0.25, 0.3) is 32.8 Å². The molecule has 14 heteroatoms. The van der Waals surface area contributed by atoms with Gasteiger partial charge < -0.3 is 23.9 Å². The fourth-order valence-electron chi connectivity index (χ4n) is 6.69. The molecule has 2 saturated heterocycles. The molecular formula is C35H37ClF2N5O6+. The zero-order chi connectivity index (χ0) is 34.7. The summed E-state index contributed by atoms with van der Waals surface area (Å²) in [5.74, 6) is -0.609. The highest BCUT2D eigenvalue weighted by molar-refractivity contribution is 6.37. The average molecular weight is 697 g/mol. The van der Waals surface area contributed by atoms with Crippen molar-refractivity contribution in [3.05, 3.63) is 53.3 Å². The van der Waals surface area contributed by atoms with Gasteiger partial charge in [0, 0.05) is 37.3 Å². The number of nitrogens with zero attached hydrogens (tertiary/aromatic N) is 5. The quantitative estimate of drug-likeness (QED) is 0.125. The van der Waals surface area contributed by atoms with E-state index in [1.807, 2.05) is 30.6 Å². The van der Waals surface area contributed by atoms with Gasteiger partial charge in [0.25, 0.3) is 6.20 Å². The molecule has 2 bridgehead atoms. The zero-order valence-corrected chi connectivity index (χ0v) is 28.4. The Morgan fingerprint density at radius 1 is 1.14 bits per heavy atom. The van der Waals surface area contributed by atoms with Gasteiger partial charge in [-0.2, -0.15) is 0 Å². The van der Waals surface area contributed by atoms with Crippen LogP contribution in [0.4, 0.5) is 19.4 Å². The molecule has 4 heterocycles. The fourth-order valence-corrected chi connectivity index (χ4v) is 6.96. The number of fused-ring (bicyclic) bond motifs is 4. The van der Waals surface area contributed by atoms with Crippen LogP contribution in [0.3, 0.4) is 0 Å². The van der Waals surface area contributed by atoms with E-state index in [0.29, 0.717) is 48.3 Å². The number of halogens is 3. The van der Waals surface area contributed by atoms with Gasteiger partial charge in [-0.1, -0.05) is 17.7 Å². The monoisotopic (exact) mass is 696 g/mol. The molecule has 0 N–H and O–H groups in total. The van der Waals surface area contributed by atoms with Gasteiger partial charge in [-0.05, 0) is 70.0 Å². The molecule has 2 aromatic heterocycles. The van der Waals surface area contributed by atoms with Crippen molar-refractivity contribution >= 4 is 51.3 Å². The smallest absolute Gasteiger partial charge is 0.410 e. The van der Waals surface area contributed by atoms with E-state index in [2.05, 4.69) is 4.98 Å². The maximum absolute atomic E-state index is 17.0. The second-order valence-corrected chi connectivity index (χ2v) is 14.4. The summed E-state index contributed by atoms with van der Waals surface area (Å²) in [6.07, 6.45) is 6.43. The minimum atomic E-state index is -0.712. The topological polar surface area (TPSA) is 107 Å². The molecular weight excluding hydrogens is 660 g/mol. The van der Waals surface area contributed by atoms with Crippen LogP contribution < -0.4 is 19.3 Å². The first-order valence-electron chi connectivity index (χ1n) is 16.2. The number of hydrogen-bond acceptors (Lipinski definition) is 9. The lowest BCUT2D eigenvalue weighted by Crippen LogP contribution is -2.58. The lowest BCUT2D eigenvalue weighted by Gasteiger charge is -2.41. The fraction of sp³-hybridized carbons (Fsp3) is 0.457. The SMILES string of the molecule is COCOc1cc(-c2ncc3c(N4CC5CCC(C4)N5C(=O)OC(C)(C)C)n[n+](OCC4(C=O)CC4)cc3c2F)c2c(Cl)c(F)ccc2c1. The summed E-state index contributed by atoms with van der Waals surface area (Å²) in [5.41, 5.74) is -1.09. The molecule has 11 nitrogen and oxygen atoms in total. The van der Waals surface area contributed by atoms with E-state index in [9.17, 15) is 14.0 Å². The number of pyridine rings is 1. The van der Waals surface area contributed by atoms with Crippen molar-refractivity contribution in [1.82, 2.24) is 15.0 Å². The first-order valence-corrected chi connectivity index (χ1v) is 16.6. The molecule has 0 spiro atoms. The first kappa shape index (κ1) is 33.2. The van der Waals surface area contributed by atoms with Gasteiger partial charge in [0.15, 0.2) is 19.2 Å². The number of carbonyl (C=O) groups is 2. The lowest BCUT2D eigenvalue weighted by molar-refractivity contribution is -0.934. The van der Waals surface area contributed by atoms with Crippen LogP contribution in [0.15, 0.2) is 36.7 Å². The van der Waals surface area contributed by atoms with Crippen molar-refractivity contribution in [1.29, 1.82) is 0 Å². The van der Waals surface area contributed by atoms with Crippen molar-refractivity contribution in [2.45, 2.75) is 64.1 Å². The van der Waals surface area contributed by atoms with Crippen LogP contribution in [0.5, 0.6) is 5.75 Å². The Hall–Kier alpha value is -4.36. The maximum Gasteiger partial charge on any atom is 0.410 e. The number of rotatable bonds is 9. The van der Waals surface area contributed by atoms with E-state index >= 15 is 4.39 Å². The number of methoxy groups -OCH3 is 1. The highest BCUT2D eigenvalue weighted by Crippen LogP contribution is 2.43. The Labute approximate surface area is 286 Å².